The van der Waals surface area contributed by atoms with Crippen LogP contribution in [0, 0.1) is 34.6 Å². The summed E-state index contributed by atoms with van der Waals surface area (Å²) in [4.78, 5) is 9.35. The zero-order valence-corrected chi connectivity index (χ0v) is 90.0. The molecule has 8 bridgehead atoms. The van der Waals surface area contributed by atoms with Gasteiger partial charge < -0.3 is 19.6 Å². The van der Waals surface area contributed by atoms with Gasteiger partial charge in [-0.05, 0) is 531 Å². The molecule has 0 amide bonds. The van der Waals surface area contributed by atoms with Gasteiger partial charge in [0.15, 0.2) is 0 Å². The predicted molar refractivity (Wildman–Crippen MR) is 603 cm³/mol. The molecule has 26 rings (SSSR count). The van der Waals surface area contributed by atoms with Crippen LogP contribution in [0.5, 0.6) is 0 Å². The monoisotopic (exact) mass is 2280 g/mol. The van der Waals surface area contributed by atoms with Gasteiger partial charge in [0, 0.05) is 104 Å². The molecule has 4 fully saturated rings. The summed E-state index contributed by atoms with van der Waals surface area (Å²) in [5, 5.41) is 0. The van der Waals surface area contributed by atoms with Crippen molar-refractivity contribution in [3.05, 3.63) is 442 Å². The van der Waals surface area contributed by atoms with E-state index >= 15 is 0 Å². The molecule has 136 heavy (non-hydrogen) atoms. The van der Waals surface area contributed by atoms with Crippen molar-refractivity contribution in [2.75, 3.05) is 19.6 Å². The minimum Gasteiger partial charge on any atom is -0.310 e. The Morgan fingerprint density at radius 1 is 0.169 bits per heavy atom. The minimum atomic E-state index is 0.759. The fraction of sp³-hybridized carbons (Fsp3) is 0.226. The summed E-state index contributed by atoms with van der Waals surface area (Å²) in [6.07, 6.45) is 20.6. The fourth-order valence-corrected chi connectivity index (χ4v) is 25.9. The molecule has 0 radical (unpaired) electrons. The third kappa shape index (κ3) is 19.5. The maximum atomic E-state index is 3.58. The molecule has 0 saturated heterocycles. The zero-order valence-electron chi connectivity index (χ0n) is 77.3. The highest BCUT2D eigenvalue weighted by molar-refractivity contribution is 9.11. The Morgan fingerprint density at radius 2 is 0.360 bits per heavy atom. The number of hydrogen-bond donors (Lipinski definition) is 0. The summed E-state index contributed by atoms with van der Waals surface area (Å²) in [5.41, 5.74) is 44.1. The third-order valence-electron chi connectivity index (χ3n) is 30.5. The summed E-state index contributed by atoms with van der Waals surface area (Å²) >= 11 is 28.6. The fourth-order valence-electron chi connectivity index (χ4n) is 23.8. The minimum absolute atomic E-state index is 0.759. The molecule has 10 aliphatic rings. The highest BCUT2D eigenvalue weighted by atomic mass is 79.9. The molecule has 4 saturated carbocycles. The molecule has 0 aromatic heterocycles. The zero-order chi connectivity index (χ0) is 93.1. The van der Waals surface area contributed by atoms with Crippen molar-refractivity contribution < 1.29 is 0 Å². The lowest BCUT2D eigenvalue weighted by Crippen LogP contribution is -2.21. The molecule has 0 heterocycles. The summed E-state index contributed by atoms with van der Waals surface area (Å²) in [6, 6.07) is 123. The summed E-state index contributed by atoms with van der Waals surface area (Å²) < 4.78 is 8.67. The van der Waals surface area contributed by atoms with E-state index in [9.17, 15) is 0 Å². The van der Waals surface area contributed by atoms with Gasteiger partial charge in [-0.2, -0.15) is 0 Å². The van der Waals surface area contributed by atoms with Crippen LogP contribution in [-0.4, -0.2) is 0 Å². The number of hydrogen-bond acceptors (Lipinski definition) is 4. The van der Waals surface area contributed by atoms with Crippen LogP contribution in [0.3, 0.4) is 0 Å². The standard InChI is InChI=1S/C32H29Br2N.2C31H27Br2N.C30H25Br2N/c1-21-19-24(25-7-17-30-22-3-2-4-23(6-5-22)31(30)20-25)8-18-32(21)35(28-13-9-26(33)10-14-28)29-15-11-27(34)12-16-29;1-19-15-21(24-16-20(2)31-23-4-3-22(17-23)29(31)18-24)5-14-30(19)34(27-10-6-25(32)7-11-27)28-12-8-26(33)9-13-28;1-20-18-23(24-6-16-29-21-2-4-22(5-3-21)30(29)19-24)7-17-31(20)34(27-12-8-25(32)9-13-27)28-14-10-26(33)11-15-28;1-19-16-20(21-4-14-28-22-2-3-23(17-22)29(28)18-21)5-15-30(19)33(26-10-6-24(31)7-11-26)27-12-8-25(32)9-13-27/h7-20,22-23H,2-6H2,1H3;5-16,18,22-23H,3-4,17H2,1-2H3;6-19,21-22H,2-5H2,1H3;4-16,18,22-23H,2-3,17H2,1H3. The smallest absolute Gasteiger partial charge is 0.0491 e. The van der Waals surface area contributed by atoms with Gasteiger partial charge in [0.1, 0.15) is 0 Å². The van der Waals surface area contributed by atoms with Gasteiger partial charge in [-0.3, -0.25) is 0 Å². The SMILES string of the molecule is Cc1cc(-c2cc(C)c3c(c2)C2CCC3C2)ccc1N(c1ccc(Br)cc1)c1ccc(Br)cc1.Cc1cc(-c2ccc3c(c2)C2CCC3C2)ccc1N(c1ccc(Br)cc1)c1ccc(Br)cc1.Cc1cc(-c2ccc3c(c2)C2CCC3CC2)ccc1N(c1ccc(Br)cc1)c1ccc(Br)cc1.Cc1cc(-c2ccc3c(c2)C2CCCC3CC2)ccc1N(c1ccc(Br)cc1)c1ccc(Br)cc1. The average molecular weight is 2290 g/mol. The van der Waals surface area contributed by atoms with Gasteiger partial charge in [0.05, 0.1) is 0 Å². The van der Waals surface area contributed by atoms with Gasteiger partial charge in [-0.1, -0.05) is 225 Å². The summed E-state index contributed by atoms with van der Waals surface area (Å²) in [6.45, 7) is 11.2. The number of aryl methyl sites for hydroxylation is 5. The summed E-state index contributed by atoms with van der Waals surface area (Å²) in [7, 11) is 0. The van der Waals surface area contributed by atoms with Crippen LogP contribution in [-0.2, 0) is 0 Å². The van der Waals surface area contributed by atoms with Crippen molar-refractivity contribution in [3.8, 4) is 44.5 Å². The molecule has 16 aromatic carbocycles. The van der Waals surface area contributed by atoms with E-state index in [0.717, 1.165) is 129 Å². The highest BCUT2D eigenvalue weighted by Crippen LogP contribution is 2.58. The molecule has 0 aliphatic heterocycles. The molecule has 0 N–H and O–H groups in total. The van der Waals surface area contributed by atoms with Crippen LogP contribution in [0.15, 0.2) is 369 Å². The normalized spacial score (nSPS) is 18.5. The highest BCUT2D eigenvalue weighted by Gasteiger charge is 2.40. The van der Waals surface area contributed by atoms with Crippen molar-refractivity contribution in [2.45, 2.75) is 178 Å². The van der Waals surface area contributed by atoms with E-state index < -0.39 is 0 Å². The van der Waals surface area contributed by atoms with E-state index in [2.05, 4.69) is 515 Å². The van der Waals surface area contributed by atoms with Crippen molar-refractivity contribution in [3.63, 3.8) is 0 Å². The number of fused-ring (bicyclic) bond motifs is 15. The van der Waals surface area contributed by atoms with Gasteiger partial charge in [-0.25, -0.2) is 0 Å². The Balaban J connectivity index is 0.000000108. The molecular weight excluding hydrogens is 2180 g/mol. The first kappa shape index (κ1) is 92.9. The van der Waals surface area contributed by atoms with Crippen LogP contribution in [0.2, 0.25) is 0 Å². The summed E-state index contributed by atoms with van der Waals surface area (Å²) in [5.74, 6) is 6.30. The van der Waals surface area contributed by atoms with E-state index in [0.29, 0.717) is 0 Å². The Kier molecular flexibility index (Phi) is 27.6. The Hall–Kier alpha value is -9.44. The van der Waals surface area contributed by atoms with E-state index in [4.69, 9.17) is 0 Å². The predicted octanol–water partition coefficient (Wildman–Crippen LogP) is 41.6. The molecule has 12 heteroatoms. The molecule has 10 aliphatic carbocycles. The molecule has 16 aromatic rings. The van der Waals surface area contributed by atoms with Crippen LogP contribution >= 0.6 is 127 Å². The molecule has 680 valence electrons. The lowest BCUT2D eigenvalue weighted by molar-refractivity contribution is 0.359. The maximum Gasteiger partial charge on any atom is 0.0491 e. The van der Waals surface area contributed by atoms with Gasteiger partial charge in [-0.15, -0.1) is 0 Å². The van der Waals surface area contributed by atoms with E-state index in [1.54, 1.807) is 44.5 Å². The van der Waals surface area contributed by atoms with Gasteiger partial charge in [0.2, 0.25) is 0 Å². The topological polar surface area (TPSA) is 13.0 Å². The second-order valence-corrected chi connectivity index (χ2v) is 46.2. The Morgan fingerprint density at radius 3 is 0.654 bits per heavy atom. The second kappa shape index (κ2) is 40.4. The van der Waals surface area contributed by atoms with Gasteiger partial charge in [0.25, 0.3) is 0 Å². The number of nitrogens with zero attached hydrogens (tertiary/aromatic N) is 4. The molecule has 6 atom stereocenters. The number of anilines is 12. The van der Waals surface area contributed by atoms with Crippen molar-refractivity contribution in [2.24, 2.45) is 0 Å². The van der Waals surface area contributed by atoms with Gasteiger partial charge >= 0.3 is 0 Å². The van der Waals surface area contributed by atoms with E-state index in [1.807, 2.05) is 0 Å². The van der Waals surface area contributed by atoms with Crippen molar-refractivity contribution >= 4 is 196 Å². The molecule has 0 spiro atoms. The second-order valence-electron chi connectivity index (χ2n) is 38.8. The number of halogens is 8. The molecule has 6 unspecified atom stereocenters. The lowest BCUT2D eigenvalue weighted by atomic mass is 9.66. The van der Waals surface area contributed by atoms with Crippen molar-refractivity contribution in [1.29, 1.82) is 0 Å². The first-order valence-corrected chi connectivity index (χ1v) is 54.8. The number of rotatable bonds is 16. The first-order chi connectivity index (χ1) is 66.2. The average Bonchev–Trinajstić information content (AvgIpc) is 1.61. The van der Waals surface area contributed by atoms with E-state index in [-0.39, 0.29) is 0 Å². The maximum absolute atomic E-state index is 3.58. The Labute approximate surface area is 870 Å². The molecule has 4 nitrogen and oxygen atoms in total. The largest absolute Gasteiger partial charge is 0.310 e. The number of benzene rings is 16. The first-order valence-electron chi connectivity index (χ1n) is 48.4. The quantitative estimate of drug-likeness (QED) is 0.0956. The Bertz CT molecular complexity index is 6910. The third-order valence-corrected chi connectivity index (χ3v) is 34.7. The molecular formula is C124H108Br8N4. The lowest BCUT2D eigenvalue weighted by Gasteiger charge is -2.38. The van der Waals surface area contributed by atoms with E-state index in [1.165, 1.54) is 191 Å². The van der Waals surface area contributed by atoms with Crippen LogP contribution < -0.4 is 19.6 Å². The van der Waals surface area contributed by atoms with Crippen LogP contribution in [0.1, 0.15) is 216 Å². The van der Waals surface area contributed by atoms with Crippen LogP contribution in [0.25, 0.3) is 44.5 Å². The van der Waals surface area contributed by atoms with Crippen molar-refractivity contribution in [1.82, 2.24) is 0 Å². The van der Waals surface area contributed by atoms with Crippen LogP contribution in [0.4, 0.5) is 68.2 Å².